The maximum absolute atomic E-state index is 13.2. The van der Waals surface area contributed by atoms with Gasteiger partial charge in [0.1, 0.15) is 0 Å². The zero-order valence-corrected chi connectivity index (χ0v) is 18.5. The molecular weight excluding hydrogens is 420 g/mol. The summed E-state index contributed by atoms with van der Waals surface area (Å²) in [7, 11) is -3.69. The molecule has 1 amide bonds. The van der Waals surface area contributed by atoms with Crippen molar-refractivity contribution in [3.63, 3.8) is 0 Å². The number of ether oxygens (including phenoxy) is 1. The van der Waals surface area contributed by atoms with E-state index >= 15 is 0 Å². The van der Waals surface area contributed by atoms with Gasteiger partial charge in [0.25, 0.3) is 5.91 Å². The maximum Gasteiger partial charge on any atom is 0.294 e. The molecule has 2 aliphatic heterocycles. The van der Waals surface area contributed by atoms with Crippen LogP contribution in [0.5, 0.6) is 0 Å². The Hall–Kier alpha value is -2.43. The first-order chi connectivity index (χ1) is 14.9. The predicted molar refractivity (Wildman–Crippen MR) is 116 cm³/mol. The number of aromatic nitrogens is 1. The van der Waals surface area contributed by atoms with Crippen molar-refractivity contribution in [1.29, 1.82) is 0 Å². The quantitative estimate of drug-likeness (QED) is 0.750. The number of anilines is 2. The normalized spacial score (nSPS) is 18.5. The van der Waals surface area contributed by atoms with Crippen LogP contribution in [0.4, 0.5) is 11.4 Å². The molecule has 10 heteroatoms. The summed E-state index contributed by atoms with van der Waals surface area (Å²) in [6.07, 6.45) is 4.45. The minimum absolute atomic E-state index is 0.0840. The Morgan fingerprint density at radius 3 is 2.39 bits per heavy atom. The molecule has 1 aromatic carbocycles. The van der Waals surface area contributed by atoms with Gasteiger partial charge in [0, 0.05) is 32.2 Å². The van der Waals surface area contributed by atoms with Gasteiger partial charge in [0.05, 0.1) is 35.2 Å². The Kier molecular flexibility index (Phi) is 6.59. The fraction of sp³-hybridized carbons (Fsp3) is 0.524. The van der Waals surface area contributed by atoms with Gasteiger partial charge in [-0.1, -0.05) is 18.0 Å². The summed E-state index contributed by atoms with van der Waals surface area (Å²) >= 11 is 0. The highest BCUT2D eigenvalue weighted by Gasteiger charge is 2.28. The van der Waals surface area contributed by atoms with Gasteiger partial charge in [-0.15, -0.1) is 0 Å². The number of morpholine rings is 1. The number of sulfonamides is 1. The van der Waals surface area contributed by atoms with E-state index in [1.807, 2.05) is 0 Å². The summed E-state index contributed by atoms with van der Waals surface area (Å²) in [5.41, 5.74) is 1.87. The first-order valence-corrected chi connectivity index (χ1v) is 12.1. The molecule has 0 unspecified atom stereocenters. The summed E-state index contributed by atoms with van der Waals surface area (Å²) in [6.45, 7) is 4.84. The largest absolute Gasteiger partial charge is 0.379 e. The van der Waals surface area contributed by atoms with Gasteiger partial charge in [-0.05, 0) is 38.0 Å². The molecule has 0 radical (unpaired) electrons. The lowest BCUT2D eigenvalue weighted by atomic mass is 10.2. The van der Waals surface area contributed by atoms with Crippen molar-refractivity contribution >= 4 is 27.3 Å². The summed E-state index contributed by atoms with van der Waals surface area (Å²) in [5, 5.41) is 6.61. The molecule has 1 aromatic heterocycles. The Morgan fingerprint density at radius 2 is 1.74 bits per heavy atom. The van der Waals surface area contributed by atoms with Crippen LogP contribution < -0.4 is 10.2 Å². The molecule has 2 saturated heterocycles. The van der Waals surface area contributed by atoms with Crippen LogP contribution in [-0.2, 0) is 14.8 Å². The summed E-state index contributed by atoms with van der Waals surface area (Å²) in [6, 6.07) is 6.51. The molecule has 0 atom stereocenters. The number of benzene rings is 1. The highest BCUT2D eigenvalue weighted by Crippen LogP contribution is 2.32. The lowest BCUT2D eigenvalue weighted by Crippen LogP contribution is -2.40. The fourth-order valence-corrected chi connectivity index (χ4v) is 5.39. The number of rotatable bonds is 5. The third-order valence-corrected chi connectivity index (χ3v) is 7.52. The van der Waals surface area contributed by atoms with Gasteiger partial charge in [-0.25, -0.2) is 8.42 Å². The van der Waals surface area contributed by atoms with Crippen molar-refractivity contribution in [3.8, 4) is 0 Å². The van der Waals surface area contributed by atoms with E-state index in [1.165, 1.54) is 17.1 Å². The van der Waals surface area contributed by atoms with Crippen LogP contribution in [0.2, 0.25) is 0 Å². The predicted octanol–water partition coefficient (Wildman–Crippen LogP) is 2.64. The van der Waals surface area contributed by atoms with E-state index in [9.17, 15) is 13.2 Å². The van der Waals surface area contributed by atoms with Crippen molar-refractivity contribution in [2.24, 2.45) is 0 Å². The zero-order chi connectivity index (χ0) is 21.8. The smallest absolute Gasteiger partial charge is 0.294 e. The molecule has 31 heavy (non-hydrogen) atoms. The van der Waals surface area contributed by atoms with Crippen LogP contribution in [0.1, 0.15) is 41.9 Å². The molecule has 3 heterocycles. The second-order valence-electron chi connectivity index (χ2n) is 7.88. The number of nitrogens with one attached hydrogen (secondary N) is 1. The number of hydrogen-bond acceptors (Lipinski definition) is 7. The van der Waals surface area contributed by atoms with Crippen LogP contribution in [-0.4, -0.2) is 63.2 Å². The van der Waals surface area contributed by atoms with Crippen LogP contribution in [0, 0.1) is 6.92 Å². The third kappa shape index (κ3) is 4.91. The maximum atomic E-state index is 13.2. The number of nitrogens with zero attached hydrogens (tertiary/aromatic N) is 3. The molecule has 2 fully saturated rings. The first kappa shape index (κ1) is 21.8. The average Bonchev–Trinajstić information content (AvgIpc) is 3.04. The van der Waals surface area contributed by atoms with Crippen molar-refractivity contribution in [1.82, 2.24) is 9.46 Å². The molecule has 0 saturated carbocycles. The zero-order valence-electron chi connectivity index (χ0n) is 17.7. The van der Waals surface area contributed by atoms with Gasteiger partial charge in [0.15, 0.2) is 0 Å². The molecule has 168 valence electrons. The number of hydrogen-bond donors (Lipinski definition) is 1. The molecule has 0 bridgehead atoms. The van der Waals surface area contributed by atoms with E-state index in [2.05, 4.69) is 15.4 Å². The fourth-order valence-electron chi connectivity index (χ4n) is 3.95. The van der Waals surface area contributed by atoms with Crippen LogP contribution in [0.25, 0.3) is 0 Å². The highest BCUT2D eigenvalue weighted by molar-refractivity contribution is 7.89. The SMILES string of the molecule is Cc1cc(C(=O)Nc2cc(S(=O)(=O)N3CCOCC3)ccc2N2CCCCCC2)on1. The molecule has 0 spiro atoms. The van der Waals surface area contributed by atoms with E-state index in [-0.39, 0.29) is 10.7 Å². The van der Waals surface area contributed by atoms with Crippen molar-refractivity contribution in [2.45, 2.75) is 37.5 Å². The lowest BCUT2D eigenvalue weighted by molar-refractivity contribution is 0.0730. The van der Waals surface area contributed by atoms with E-state index in [1.54, 1.807) is 31.2 Å². The van der Waals surface area contributed by atoms with Crippen LogP contribution in [0.3, 0.4) is 0 Å². The van der Waals surface area contributed by atoms with Crippen molar-refractivity contribution < 1.29 is 22.5 Å². The lowest BCUT2D eigenvalue weighted by Gasteiger charge is -2.28. The van der Waals surface area contributed by atoms with Crippen LogP contribution in [0.15, 0.2) is 33.7 Å². The molecule has 4 rings (SSSR count). The molecule has 1 N–H and O–H groups in total. The molecule has 9 nitrogen and oxygen atoms in total. The second-order valence-corrected chi connectivity index (χ2v) is 9.82. The van der Waals surface area contributed by atoms with Gasteiger partial charge >= 0.3 is 0 Å². The minimum atomic E-state index is -3.69. The summed E-state index contributed by atoms with van der Waals surface area (Å²) < 4.78 is 38.1. The van der Waals surface area contributed by atoms with Gasteiger partial charge in [0.2, 0.25) is 15.8 Å². The van der Waals surface area contributed by atoms with Gasteiger partial charge in [-0.3, -0.25) is 4.79 Å². The minimum Gasteiger partial charge on any atom is -0.379 e. The molecule has 2 aromatic rings. The average molecular weight is 449 g/mol. The molecule has 0 aliphatic carbocycles. The van der Waals surface area contributed by atoms with E-state index in [0.29, 0.717) is 37.7 Å². The first-order valence-electron chi connectivity index (χ1n) is 10.7. The number of amides is 1. The third-order valence-electron chi connectivity index (χ3n) is 5.62. The Morgan fingerprint density at radius 1 is 1.03 bits per heavy atom. The molecule has 2 aliphatic rings. The van der Waals surface area contributed by atoms with E-state index in [0.717, 1.165) is 31.6 Å². The molecular formula is C21H28N4O5S. The topological polar surface area (TPSA) is 105 Å². The standard InChI is InChI=1S/C21H28N4O5S/c1-16-14-20(30-23-16)21(26)22-18-15-17(31(27,28)25-10-12-29-13-11-25)6-7-19(18)24-8-4-2-3-5-9-24/h6-7,14-15H,2-5,8-13H2,1H3,(H,22,26). The van der Waals surface area contributed by atoms with E-state index in [4.69, 9.17) is 9.26 Å². The van der Waals surface area contributed by atoms with Crippen LogP contribution >= 0.6 is 0 Å². The van der Waals surface area contributed by atoms with Gasteiger partial charge in [-0.2, -0.15) is 4.31 Å². The highest BCUT2D eigenvalue weighted by atomic mass is 32.2. The monoisotopic (exact) mass is 448 g/mol. The van der Waals surface area contributed by atoms with Gasteiger partial charge < -0.3 is 19.5 Å². The number of aryl methyl sites for hydroxylation is 1. The summed E-state index contributed by atoms with van der Waals surface area (Å²) in [5.74, 6) is -0.377. The Labute approximate surface area is 182 Å². The Balaban J connectivity index is 1.68. The Bertz CT molecular complexity index is 1020. The summed E-state index contributed by atoms with van der Waals surface area (Å²) in [4.78, 5) is 15.1. The number of carbonyl (C=O) groups excluding carboxylic acids is 1. The second kappa shape index (κ2) is 9.37. The van der Waals surface area contributed by atoms with Crippen molar-refractivity contribution in [2.75, 3.05) is 49.6 Å². The van der Waals surface area contributed by atoms with E-state index < -0.39 is 15.9 Å². The van der Waals surface area contributed by atoms with Crippen molar-refractivity contribution in [3.05, 3.63) is 35.7 Å². The number of carbonyl (C=O) groups is 1.